The van der Waals surface area contributed by atoms with E-state index < -0.39 is 6.10 Å². The summed E-state index contributed by atoms with van der Waals surface area (Å²) in [5.74, 6) is 1.37. The maximum atomic E-state index is 10.4. The quantitative estimate of drug-likeness (QED) is 0.833. The van der Waals surface area contributed by atoms with Gasteiger partial charge in [-0.15, -0.1) is 0 Å². The highest BCUT2D eigenvalue weighted by atomic mass is 16.5. The molecule has 0 fully saturated rings. The lowest BCUT2D eigenvalue weighted by Crippen LogP contribution is -2.02. The first-order valence-electron chi connectivity index (χ1n) is 5.72. The second-order valence-corrected chi connectivity index (χ2v) is 4.13. The molecule has 1 aliphatic heterocycles. The predicted molar refractivity (Wildman–Crippen MR) is 65.6 cm³/mol. The molecule has 0 bridgehead atoms. The molecule has 0 saturated heterocycles. The zero-order chi connectivity index (χ0) is 12.5. The van der Waals surface area contributed by atoms with E-state index in [1.165, 1.54) is 0 Å². The lowest BCUT2D eigenvalue weighted by atomic mass is 10.0. The maximum Gasteiger partial charge on any atom is 0.131 e. The Kier molecular flexibility index (Phi) is 2.64. The highest BCUT2D eigenvalue weighted by Crippen LogP contribution is 2.36. The highest BCUT2D eigenvalue weighted by molar-refractivity contribution is 5.47. The Labute approximate surface area is 105 Å². The van der Waals surface area contributed by atoms with Gasteiger partial charge in [0.2, 0.25) is 0 Å². The molecule has 0 saturated carbocycles. The van der Waals surface area contributed by atoms with Crippen molar-refractivity contribution in [3.8, 4) is 11.5 Å². The second kappa shape index (κ2) is 4.31. The zero-order valence-corrected chi connectivity index (χ0v) is 9.96. The minimum Gasteiger partial charge on any atom is -0.497 e. The number of benzene rings is 1. The fourth-order valence-electron chi connectivity index (χ4n) is 2.13. The van der Waals surface area contributed by atoms with Crippen LogP contribution in [0.2, 0.25) is 0 Å². The molecule has 3 rings (SSSR count). The molecule has 0 aliphatic carbocycles. The molecule has 1 aliphatic rings. The Morgan fingerprint density at radius 3 is 3.06 bits per heavy atom. The maximum absolute atomic E-state index is 10.4. The molecule has 1 aromatic carbocycles. The summed E-state index contributed by atoms with van der Waals surface area (Å²) < 4.78 is 10.8. The molecular weight excluding hydrogens is 230 g/mol. The number of hydrogen-bond donors (Lipinski definition) is 1. The summed E-state index contributed by atoms with van der Waals surface area (Å²) in [5.41, 5.74) is 2.26. The normalized spacial score (nSPS) is 17.1. The van der Waals surface area contributed by atoms with Gasteiger partial charge in [0.1, 0.15) is 24.2 Å². The first-order valence-corrected chi connectivity index (χ1v) is 5.72. The van der Waals surface area contributed by atoms with Crippen LogP contribution < -0.4 is 9.47 Å². The summed E-state index contributed by atoms with van der Waals surface area (Å²) in [5, 5.41) is 10.4. The number of rotatable bonds is 1. The molecule has 18 heavy (non-hydrogen) atoms. The number of aliphatic hydroxyl groups excluding tert-OH is 1. The average molecular weight is 243 g/mol. The van der Waals surface area contributed by atoms with Gasteiger partial charge in [0.25, 0.3) is 0 Å². The summed E-state index contributed by atoms with van der Waals surface area (Å²) in [6.07, 6.45) is 0.965. The number of aliphatic hydroxyl groups is 1. The molecule has 2 aromatic rings. The van der Waals surface area contributed by atoms with Gasteiger partial charge in [0.05, 0.1) is 12.8 Å². The second-order valence-electron chi connectivity index (χ2n) is 4.13. The monoisotopic (exact) mass is 243 g/mol. The van der Waals surface area contributed by atoms with Crippen LogP contribution >= 0.6 is 0 Å². The van der Waals surface area contributed by atoms with E-state index in [2.05, 4.69) is 4.98 Å². The van der Waals surface area contributed by atoms with Crippen LogP contribution in [0.15, 0.2) is 36.5 Å². The molecule has 1 aromatic heterocycles. The Bertz CT molecular complexity index is 583. The van der Waals surface area contributed by atoms with Crippen molar-refractivity contribution in [3.05, 3.63) is 53.3 Å². The Balaban J connectivity index is 2.14. The summed E-state index contributed by atoms with van der Waals surface area (Å²) in [6.45, 7) is 0.368. The molecule has 4 nitrogen and oxygen atoms in total. The summed E-state index contributed by atoms with van der Waals surface area (Å²) >= 11 is 0. The van der Waals surface area contributed by atoms with Crippen LogP contribution in [0.5, 0.6) is 11.5 Å². The van der Waals surface area contributed by atoms with Crippen molar-refractivity contribution in [3.63, 3.8) is 0 Å². The van der Waals surface area contributed by atoms with Crippen LogP contribution in [-0.2, 0) is 6.61 Å². The largest absolute Gasteiger partial charge is 0.497 e. The average Bonchev–Trinajstić information content (AvgIpc) is 2.57. The van der Waals surface area contributed by atoms with E-state index in [1.807, 2.05) is 24.3 Å². The molecule has 0 spiro atoms. The Morgan fingerprint density at radius 1 is 1.33 bits per heavy atom. The zero-order valence-electron chi connectivity index (χ0n) is 9.96. The van der Waals surface area contributed by atoms with Gasteiger partial charge < -0.3 is 14.6 Å². The molecule has 2 heterocycles. The van der Waals surface area contributed by atoms with Gasteiger partial charge in [-0.25, -0.2) is 0 Å². The molecule has 92 valence electrons. The molecule has 4 heteroatoms. The summed E-state index contributed by atoms with van der Waals surface area (Å²) in [7, 11) is 1.60. The molecule has 1 N–H and O–H groups in total. The van der Waals surface area contributed by atoms with Crippen LogP contribution in [0.25, 0.3) is 0 Å². The summed E-state index contributed by atoms with van der Waals surface area (Å²) in [6, 6.07) is 9.10. The van der Waals surface area contributed by atoms with Crippen LogP contribution in [-0.4, -0.2) is 17.2 Å². The third-order valence-corrected chi connectivity index (χ3v) is 3.10. The highest BCUT2D eigenvalue weighted by Gasteiger charge is 2.23. The molecule has 0 unspecified atom stereocenters. The van der Waals surface area contributed by atoms with E-state index in [-0.39, 0.29) is 0 Å². The van der Waals surface area contributed by atoms with Crippen LogP contribution in [0.4, 0.5) is 0 Å². The fraction of sp³-hybridized carbons (Fsp3) is 0.214. The van der Waals surface area contributed by atoms with Crippen LogP contribution in [0.3, 0.4) is 0 Å². The first kappa shape index (κ1) is 11.0. The van der Waals surface area contributed by atoms with E-state index in [1.54, 1.807) is 19.4 Å². The lowest BCUT2D eigenvalue weighted by Gasteiger charge is -2.13. The fourth-order valence-corrected chi connectivity index (χ4v) is 2.13. The Morgan fingerprint density at radius 2 is 2.22 bits per heavy atom. The number of nitrogens with zero attached hydrogens (tertiary/aromatic N) is 1. The van der Waals surface area contributed by atoms with Gasteiger partial charge in [0, 0.05) is 17.3 Å². The summed E-state index contributed by atoms with van der Waals surface area (Å²) in [4.78, 5) is 4.24. The van der Waals surface area contributed by atoms with E-state index >= 15 is 0 Å². The number of fused-ring (bicyclic) bond motifs is 2. The van der Waals surface area contributed by atoms with Crippen molar-refractivity contribution >= 4 is 0 Å². The minimum atomic E-state index is -0.735. The van der Waals surface area contributed by atoms with E-state index in [4.69, 9.17) is 9.47 Å². The van der Waals surface area contributed by atoms with E-state index in [0.717, 1.165) is 11.3 Å². The first-order chi connectivity index (χ1) is 8.79. The van der Waals surface area contributed by atoms with Gasteiger partial charge in [-0.1, -0.05) is 6.07 Å². The van der Waals surface area contributed by atoms with Crippen molar-refractivity contribution in [1.82, 2.24) is 4.98 Å². The third-order valence-electron chi connectivity index (χ3n) is 3.10. The van der Waals surface area contributed by atoms with Gasteiger partial charge in [-0.3, -0.25) is 4.98 Å². The predicted octanol–water partition coefficient (Wildman–Crippen LogP) is 2.06. The minimum absolute atomic E-state index is 0.368. The topological polar surface area (TPSA) is 51.6 Å². The number of aromatic nitrogens is 1. The number of ether oxygens (including phenoxy) is 2. The van der Waals surface area contributed by atoms with E-state index in [0.29, 0.717) is 23.7 Å². The molecular formula is C14H13NO3. The Hall–Kier alpha value is -2.07. The van der Waals surface area contributed by atoms with Crippen molar-refractivity contribution in [2.45, 2.75) is 12.7 Å². The van der Waals surface area contributed by atoms with E-state index in [9.17, 15) is 5.11 Å². The molecule has 0 radical (unpaired) electrons. The van der Waals surface area contributed by atoms with Gasteiger partial charge in [0.15, 0.2) is 0 Å². The smallest absolute Gasteiger partial charge is 0.131 e. The van der Waals surface area contributed by atoms with Crippen molar-refractivity contribution < 1.29 is 14.6 Å². The number of pyridine rings is 1. The van der Waals surface area contributed by atoms with Gasteiger partial charge >= 0.3 is 0 Å². The van der Waals surface area contributed by atoms with Gasteiger partial charge in [-0.05, 0) is 24.3 Å². The van der Waals surface area contributed by atoms with Crippen molar-refractivity contribution in [2.75, 3.05) is 7.11 Å². The van der Waals surface area contributed by atoms with Crippen LogP contribution in [0, 0.1) is 0 Å². The van der Waals surface area contributed by atoms with Crippen molar-refractivity contribution in [1.29, 1.82) is 0 Å². The standard InChI is InChI=1S/C14H13NO3/c1-17-9-4-5-13-11(7-9)14(16)10-3-2-6-15-12(10)8-18-13/h2-7,14,16H,8H2,1H3/t14-/m1/s1. The number of methoxy groups -OCH3 is 1. The number of hydrogen-bond acceptors (Lipinski definition) is 4. The SMILES string of the molecule is COc1ccc2c(c1)[C@H](O)c1cccnc1CO2. The van der Waals surface area contributed by atoms with Crippen molar-refractivity contribution in [2.24, 2.45) is 0 Å². The van der Waals surface area contributed by atoms with Gasteiger partial charge in [-0.2, -0.15) is 0 Å². The lowest BCUT2D eigenvalue weighted by molar-refractivity contribution is 0.217. The van der Waals surface area contributed by atoms with Crippen LogP contribution in [0.1, 0.15) is 22.9 Å². The molecule has 0 amide bonds. The third kappa shape index (κ3) is 1.71. The molecule has 1 atom stereocenters.